The van der Waals surface area contributed by atoms with Crippen molar-refractivity contribution in [2.75, 3.05) is 17.2 Å². The molecule has 7 nitrogen and oxygen atoms in total. The lowest BCUT2D eigenvalue weighted by molar-refractivity contribution is 0.0947. The second-order valence-corrected chi connectivity index (χ2v) is 11.5. The van der Waals surface area contributed by atoms with Crippen molar-refractivity contribution in [3.63, 3.8) is 0 Å². The molecule has 0 spiro atoms. The van der Waals surface area contributed by atoms with E-state index < -0.39 is 0 Å². The average molecular weight is 554 g/mol. The summed E-state index contributed by atoms with van der Waals surface area (Å²) < 4.78 is 0. The van der Waals surface area contributed by atoms with Gasteiger partial charge < -0.3 is 16.0 Å². The molecular formula is C32H35N5O2S. The zero-order valence-corrected chi connectivity index (χ0v) is 24.0. The van der Waals surface area contributed by atoms with Crippen LogP contribution in [0.4, 0.5) is 17.3 Å². The topological polar surface area (TPSA) is 96.0 Å². The molecule has 2 aromatic carbocycles. The third-order valence-corrected chi connectivity index (χ3v) is 8.68. The highest BCUT2D eigenvalue weighted by atomic mass is 32.1. The SMILES string of the molecule is CCC(C)CNC(=O)c1ccc(Nc2nccc(-c3cccc(NC(=O)c4cc5c(s4)CCCC5)c3C)n2)cc1. The van der Waals surface area contributed by atoms with Crippen LogP contribution in [0.1, 0.15) is 69.1 Å². The third-order valence-electron chi connectivity index (χ3n) is 7.45. The summed E-state index contributed by atoms with van der Waals surface area (Å²) in [4.78, 5) is 36.7. The second-order valence-electron chi connectivity index (χ2n) is 10.4. The van der Waals surface area contributed by atoms with Crippen molar-refractivity contribution in [1.29, 1.82) is 0 Å². The van der Waals surface area contributed by atoms with Gasteiger partial charge in [0, 0.05) is 40.1 Å². The molecule has 4 aromatic rings. The third kappa shape index (κ3) is 6.39. The van der Waals surface area contributed by atoms with Gasteiger partial charge in [0.1, 0.15) is 0 Å². The number of nitrogens with one attached hydrogen (secondary N) is 3. The molecule has 0 aliphatic heterocycles. The molecular weight excluding hydrogens is 518 g/mol. The lowest BCUT2D eigenvalue weighted by Crippen LogP contribution is -2.27. The minimum Gasteiger partial charge on any atom is -0.352 e. The highest BCUT2D eigenvalue weighted by molar-refractivity contribution is 7.14. The van der Waals surface area contributed by atoms with E-state index in [1.54, 1.807) is 29.7 Å². The van der Waals surface area contributed by atoms with Crippen LogP contribution in [-0.2, 0) is 12.8 Å². The van der Waals surface area contributed by atoms with Gasteiger partial charge in [-0.05, 0) is 92.1 Å². The van der Waals surface area contributed by atoms with Crippen LogP contribution in [0.2, 0.25) is 0 Å². The van der Waals surface area contributed by atoms with Crippen LogP contribution in [0.15, 0.2) is 60.8 Å². The number of benzene rings is 2. The molecule has 0 saturated carbocycles. The van der Waals surface area contributed by atoms with Crippen molar-refractivity contribution in [1.82, 2.24) is 15.3 Å². The largest absolute Gasteiger partial charge is 0.352 e. The van der Waals surface area contributed by atoms with Crippen LogP contribution in [0, 0.1) is 12.8 Å². The van der Waals surface area contributed by atoms with E-state index in [-0.39, 0.29) is 11.8 Å². The van der Waals surface area contributed by atoms with Crippen molar-refractivity contribution < 1.29 is 9.59 Å². The minimum absolute atomic E-state index is 0.0679. The first-order chi connectivity index (χ1) is 19.4. The molecule has 0 bridgehead atoms. The summed E-state index contributed by atoms with van der Waals surface area (Å²) in [5.74, 6) is 0.749. The molecule has 2 heterocycles. The number of aromatic nitrogens is 2. The van der Waals surface area contributed by atoms with Crippen LogP contribution in [-0.4, -0.2) is 28.3 Å². The maximum atomic E-state index is 13.1. The predicted octanol–water partition coefficient (Wildman–Crippen LogP) is 7.16. The highest BCUT2D eigenvalue weighted by Gasteiger charge is 2.18. The molecule has 2 amide bonds. The molecule has 206 valence electrons. The number of thiophene rings is 1. The molecule has 1 unspecified atom stereocenters. The Balaban J connectivity index is 1.27. The summed E-state index contributed by atoms with van der Waals surface area (Å²) in [5, 5.41) is 9.32. The number of hydrogen-bond acceptors (Lipinski definition) is 6. The van der Waals surface area contributed by atoms with Gasteiger partial charge in [0.25, 0.3) is 11.8 Å². The van der Waals surface area contributed by atoms with Crippen molar-refractivity contribution in [2.24, 2.45) is 5.92 Å². The Morgan fingerprint density at radius 3 is 2.60 bits per heavy atom. The van der Waals surface area contributed by atoms with Gasteiger partial charge in [-0.3, -0.25) is 9.59 Å². The first kappa shape index (κ1) is 27.5. The standard InChI is InChI=1S/C32H35N5O2S/c1-4-20(2)19-34-30(38)22-12-14-24(15-13-22)35-32-33-17-16-27(37-32)25-9-7-10-26(21(25)3)36-31(39)29-18-23-8-5-6-11-28(23)40-29/h7,9-10,12-18,20H,4-6,8,11,19H2,1-3H3,(H,34,38)(H,36,39)(H,33,35,37). The van der Waals surface area contributed by atoms with Crippen LogP contribution in [0.5, 0.6) is 0 Å². The molecule has 1 aliphatic carbocycles. The van der Waals surface area contributed by atoms with Gasteiger partial charge in [-0.25, -0.2) is 9.97 Å². The normalized spacial score (nSPS) is 13.3. The van der Waals surface area contributed by atoms with Crippen LogP contribution < -0.4 is 16.0 Å². The quantitative estimate of drug-likeness (QED) is 0.204. The van der Waals surface area contributed by atoms with Crippen molar-refractivity contribution >= 4 is 40.5 Å². The zero-order valence-electron chi connectivity index (χ0n) is 23.2. The fourth-order valence-electron chi connectivity index (χ4n) is 4.75. The van der Waals surface area contributed by atoms with Gasteiger partial charge in [-0.1, -0.05) is 32.4 Å². The Bertz CT molecular complexity index is 1490. The van der Waals surface area contributed by atoms with Crippen LogP contribution >= 0.6 is 11.3 Å². The number of hydrogen-bond donors (Lipinski definition) is 3. The Morgan fingerprint density at radius 2 is 1.82 bits per heavy atom. The van der Waals surface area contributed by atoms with E-state index in [0.717, 1.165) is 52.3 Å². The van der Waals surface area contributed by atoms with Gasteiger partial charge >= 0.3 is 0 Å². The van der Waals surface area contributed by atoms with E-state index in [4.69, 9.17) is 4.98 Å². The Morgan fingerprint density at radius 1 is 1.02 bits per heavy atom. The molecule has 2 aromatic heterocycles. The fraction of sp³-hybridized carbons (Fsp3) is 0.312. The number of carbonyl (C=O) groups excluding carboxylic acids is 2. The number of anilines is 3. The first-order valence-electron chi connectivity index (χ1n) is 13.9. The van der Waals surface area contributed by atoms with Gasteiger partial charge in [0.2, 0.25) is 5.95 Å². The van der Waals surface area contributed by atoms with Gasteiger partial charge in [-0.15, -0.1) is 11.3 Å². The van der Waals surface area contributed by atoms with Gasteiger partial charge in [-0.2, -0.15) is 0 Å². The van der Waals surface area contributed by atoms with Gasteiger partial charge in [0.05, 0.1) is 10.6 Å². The van der Waals surface area contributed by atoms with Crippen molar-refractivity contribution in [3.8, 4) is 11.3 Å². The number of carbonyl (C=O) groups is 2. The van der Waals surface area contributed by atoms with E-state index in [1.165, 1.54) is 23.3 Å². The predicted molar refractivity (Wildman–Crippen MR) is 163 cm³/mol. The van der Waals surface area contributed by atoms with Crippen molar-refractivity contribution in [2.45, 2.75) is 52.9 Å². The zero-order chi connectivity index (χ0) is 28.1. The van der Waals surface area contributed by atoms with E-state index in [9.17, 15) is 9.59 Å². The molecule has 3 N–H and O–H groups in total. The monoisotopic (exact) mass is 553 g/mol. The second kappa shape index (κ2) is 12.4. The van der Waals surface area contributed by atoms with Crippen LogP contribution in [0.25, 0.3) is 11.3 Å². The maximum absolute atomic E-state index is 13.1. The number of rotatable bonds is 9. The first-order valence-corrected chi connectivity index (χ1v) is 14.7. The lowest BCUT2D eigenvalue weighted by Gasteiger charge is -2.13. The molecule has 8 heteroatoms. The summed E-state index contributed by atoms with van der Waals surface area (Å²) in [6.45, 7) is 6.88. The fourth-order valence-corrected chi connectivity index (χ4v) is 5.90. The number of aryl methyl sites for hydroxylation is 2. The number of fused-ring (bicyclic) bond motifs is 1. The van der Waals surface area contributed by atoms with Crippen molar-refractivity contribution in [3.05, 3.63) is 87.2 Å². The summed E-state index contributed by atoms with van der Waals surface area (Å²) in [6, 6.07) is 17.0. The number of amides is 2. The van der Waals surface area contributed by atoms with E-state index in [0.29, 0.717) is 24.0 Å². The average Bonchev–Trinajstić information content (AvgIpc) is 3.42. The molecule has 0 saturated heterocycles. The van der Waals surface area contributed by atoms with E-state index in [2.05, 4.69) is 40.8 Å². The summed E-state index contributed by atoms with van der Waals surface area (Å²) in [5.41, 5.74) is 6.10. The molecule has 5 rings (SSSR count). The Labute approximate surface area is 239 Å². The summed E-state index contributed by atoms with van der Waals surface area (Å²) in [7, 11) is 0. The highest BCUT2D eigenvalue weighted by Crippen LogP contribution is 2.32. The van der Waals surface area contributed by atoms with Crippen LogP contribution in [0.3, 0.4) is 0 Å². The lowest BCUT2D eigenvalue weighted by atomic mass is 9.99. The van der Waals surface area contributed by atoms with E-state index >= 15 is 0 Å². The smallest absolute Gasteiger partial charge is 0.265 e. The maximum Gasteiger partial charge on any atom is 0.265 e. The van der Waals surface area contributed by atoms with E-state index in [1.807, 2.05) is 43.3 Å². The molecule has 40 heavy (non-hydrogen) atoms. The minimum atomic E-state index is -0.0776. The Hall–Kier alpha value is -4.04. The summed E-state index contributed by atoms with van der Waals surface area (Å²) >= 11 is 1.62. The molecule has 0 radical (unpaired) electrons. The van der Waals surface area contributed by atoms with Gasteiger partial charge in [0.15, 0.2) is 0 Å². The summed E-state index contributed by atoms with van der Waals surface area (Å²) in [6.07, 6.45) is 7.27. The molecule has 1 atom stereocenters. The molecule has 0 fully saturated rings. The Kier molecular flexibility index (Phi) is 8.55. The number of nitrogens with zero attached hydrogens (tertiary/aromatic N) is 2. The molecule has 1 aliphatic rings.